The van der Waals surface area contributed by atoms with E-state index in [1.54, 1.807) is 6.07 Å². The number of phenolic OH excluding ortho intramolecular Hbond substituents is 1. The highest BCUT2D eigenvalue weighted by molar-refractivity contribution is 6.35. The zero-order chi connectivity index (χ0) is 20.5. The van der Waals surface area contributed by atoms with E-state index < -0.39 is 0 Å². The van der Waals surface area contributed by atoms with Crippen molar-refractivity contribution < 1.29 is 5.11 Å². The number of hydrogen-bond acceptors (Lipinski definition) is 3. The SMILES string of the molecule is Cc1cccc(CC(c2ccc(Cl)cc2Cl)c2ccc3ccc(C)nc3c2O)n1. The van der Waals surface area contributed by atoms with Crippen LogP contribution < -0.4 is 0 Å². The molecule has 146 valence electrons. The maximum absolute atomic E-state index is 11.1. The molecule has 0 saturated carbocycles. The van der Waals surface area contributed by atoms with Crippen molar-refractivity contribution in [1.82, 2.24) is 9.97 Å². The van der Waals surface area contributed by atoms with Gasteiger partial charge in [-0.1, -0.05) is 53.5 Å². The molecule has 0 saturated heterocycles. The lowest BCUT2D eigenvalue weighted by atomic mass is 9.86. The number of aryl methyl sites for hydroxylation is 2. The molecule has 4 aromatic rings. The lowest BCUT2D eigenvalue weighted by Crippen LogP contribution is -2.08. The molecular weight excluding hydrogens is 403 g/mol. The van der Waals surface area contributed by atoms with Gasteiger partial charge in [0.2, 0.25) is 0 Å². The molecule has 0 fully saturated rings. The largest absolute Gasteiger partial charge is 0.505 e. The van der Waals surface area contributed by atoms with Crippen LogP contribution in [0.4, 0.5) is 0 Å². The smallest absolute Gasteiger partial charge is 0.145 e. The summed E-state index contributed by atoms with van der Waals surface area (Å²) in [4.78, 5) is 9.20. The number of pyridine rings is 2. The predicted octanol–water partition coefficient (Wildman–Crippen LogP) is 6.63. The summed E-state index contributed by atoms with van der Waals surface area (Å²) in [6.07, 6.45) is 0.591. The van der Waals surface area contributed by atoms with Gasteiger partial charge in [-0.2, -0.15) is 0 Å². The van der Waals surface area contributed by atoms with E-state index in [4.69, 9.17) is 23.2 Å². The highest BCUT2D eigenvalue weighted by Crippen LogP contribution is 2.40. The number of fused-ring (bicyclic) bond motifs is 1. The Morgan fingerprint density at radius 2 is 1.59 bits per heavy atom. The van der Waals surface area contributed by atoms with Crippen LogP contribution in [0.25, 0.3) is 10.9 Å². The van der Waals surface area contributed by atoms with Crippen molar-refractivity contribution in [3.05, 3.63) is 98.9 Å². The van der Waals surface area contributed by atoms with Crippen LogP contribution in [-0.2, 0) is 6.42 Å². The minimum absolute atomic E-state index is 0.176. The van der Waals surface area contributed by atoms with Crippen LogP contribution in [0.5, 0.6) is 5.75 Å². The third kappa shape index (κ3) is 4.07. The van der Waals surface area contributed by atoms with Gasteiger partial charge in [0.05, 0.1) is 0 Å². The quantitative estimate of drug-likeness (QED) is 0.401. The van der Waals surface area contributed by atoms with Gasteiger partial charge < -0.3 is 5.11 Å². The second-order valence-corrected chi connectivity index (χ2v) is 8.06. The Morgan fingerprint density at radius 1 is 0.862 bits per heavy atom. The first-order valence-electron chi connectivity index (χ1n) is 9.39. The molecule has 1 N–H and O–H groups in total. The van der Waals surface area contributed by atoms with Crippen molar-refractivity contribution in [3.8, 4) is 5.75 Å². The van der Waals surface area contributed by atoms with Gasteiger partial charge >= 0.3 is 0 Å². The molecule has 2 heterocycles. The predicted molar refractivity (Wildman–Crippen MR) is 119 cm³/mol. The van der Waals surface area contributed by atoms with Crippen LogP contribution in [0.1, 0.15) is 34.1 Å². The zero-order valence-electron chi connectivity index (χ0n) is 16.2. The van der Waals surface area contributed by atoms with Gasteiger partial charge in [0.1, 0.15) is 11.3 Å². The van der Waals surface area contributed by atoms with Crippen LogP contribution >= 0.6 is 23.2 Å². The summed E-state index contributed by atoms with van der Waals surface area (Å²) in [7, 11) is 0. The first kappa shape index (κ1) is 19.7. The third-order valence-electron chi connectivity index (χ3n) is 5.08. The normalized spacial score (nSPS) is 12.3. The average molecular weight is 423 g/mol. The molecule has 4 rings (SSSR count). The molecule has 0 aliphatic heterocycles. The molecule has 2 aromatic carbocycles. The maximum Gasteiger partial charge on any atom is 0.145 e. The molecule has 0 aliphatic rings. The fourth-order valence-electron chi connectivity index (χ4n) is 3.66. The van der Waals surface area contributed by atoms with Gasteiger partial charge in [-0.25, -0.2) is 4.98 Å². The lowest BCUT2D eigenvalue weighted by Gasteiger charge is -2.21. The number of halogens is 2. The lowest BCUT2D eigenvalue weighted by molar-refractivity contribution is 0.469. The monoisotopic (exact) mass is 422 g/mol. The topological polar surface area (TPSA) is 46.0 Å². The molecule has 3 nitrogen and oxygen atoms in total. The summed E-state index contributed by atoms with van der Waals surface area (Å²) >= 11 is 12.7. The summed E-state index contributed by atoms with van der Waals surface area (Å²) in [6.45, 7) is 3.88. The first-order valence-corrected chi connectivity index (χ1v) is 10.1. The van der Waals surface area contributed by atoms with E-state index in [1.165, 1.54) is 0 Å². The van der Waals surface area contributed by atoms with Crippen LogP contribution in [0.2, 0.25) is 10.0 Å². The van der Waals surface area contributed by atoms with Crippen molar-refractivity contribution in [3.63, 3.8) is 0 Å². The number of aromatic nitrogens is 2. The highest BCUT2D eigenvalue weighted by Gasteiger charge is 2.23. The van der Waals surface area contributed by atoms with Gasteiger partial charge in [0.15, 0.2) is 0 Å². The van der Waals surface area contributed by atoms with Gasteiger partial charge in [0, 0.05) is 50.4 Å². The van der Waals surface area contributed by atoms with Crippen molar-refractivity contribution in [2.24, 2.45) is 0 Å². The van der Waals surface area contributed by atoms with Crippen LogP contribution in [-0.4, -0.2) is 15.1 Å². The molecule has 0 amide bonds. The Labute approximate surface area is 180 Å². The molecular formula is C24H20Cl2N2O. The highest BCUT2D eigenvalue weighted by atomic mass is 35.5. The summed E-state index contributed by atoms with van der Waals surface area (Å²) < 4.78 is 0. The molecule has 29 heavy (non-hydrogen) atoms. The maximum atomic E-state index is 11.1. The van der Waals surface area contributed by atoms with Crippen molar-refractivity contribution >= 4 is 34.1 Å². The summed E-state index contributed by atoms with van der Waals surface area (Å²) in [6, 6.07) is 19.2. The first-order chi connectivity index (χ1) is 13.9. The Bertz CT molecular complexity index is 1210. The summed E-state index contributed by atoms with van der Waals surface area (Å²) in [5.41, 5.74) is 4.98. The molecule has 1 atom stereocenters. The second kappa shape index (κ2) is 8.02. The van der Waals surface area contributed by atoms with E-state index in [-0.39, 0.29) is 11.7 Å². The minimum Gasteiger partial charge on any atom is -0.505 e. The summed E-state index contributed by atoms with van der Waals surface area (Å²) in [5, 5.41) is 13.2. The molecule has 2 aromatic heterocycles. The fraction of sp³-hybridized carbons (Fsp3) is 0.167. The molecule has 1 unspecified atom stereocenters. The van der Waals surface area contributed by atoms with E-state index in [9.17, 15) is 5.11 Å². The fourth-order valence-corrected chi connectivity index (χ4v) is 4.20. The minimum atomic E-state index is -0.194. The summed E-state index contributed by atoms with van der Waals surface area (Å²) in [5.74, 6) is -0.0179. The van der Waals surface area contributed by atoms with E-state index in [1.807, 2.05) is 68.4 Å². The molecule has 0 aliphatic carbocycles. The number of hydrogen-bond donors (Lipinski definition) is 1. The number of aromatic hydroxyl groups is 1. The molecule has 0 radical (unpaired) electrons. The molecule has 0 spiro atoms. The molecule has 0 bridgehead atoms. The van der Waals surface area contributed by atoms with Crippen molar-refractivity contribution in [2.45, 2.75) is 26.2 Å². The van der Waals surface area contributed by atoms with Gasteiger partial charge in [-0.05, 0) is 49.7 Å². The van der Waals surface area contributed by atoms with Crippen LogP contribution in [0, 0.1) is 13.8 Å². The van der Waals surface area contributed by atoms with Gasteiger partial charge in [0.25, 0.3) is 0 Å². The van der Waals surface area contributed by atoms with Crippen LogP contribution in [0.15, 0.2) is 60.7 Å². The van der Waals surface area contributed by atoms with Crippen LogP contribution in [0.3, 0.4) is 0 Å². The zero-order valence-corrected chi connectivity index (χ0v) is 17.7. The second-order valence-electron chi connectivity index (χ2n) is 7.22. The van der Waals surface area contributed by atoms with Gasteiger partial charge in [-0.15, -0.1) is 0 Å². The number of benzene rings is 2. The Morgan fingerprint density at radius 3 is 2.34 bits per heavy atom. The average Bonchev–Trinajstić information content (AvgIpc) is 2.68. The van der Waals surface area contributed by atoms with Gasteiger partial charge in [-0.3, -0.25) is 4.98 Å². The van der Waals surface area contributed by atoms with E-state index in [0.29, 0.717) is 22.0 Å². The van der Waals surface area contributed by atoms with E-state index in [2.05, 4.69) is 9.97 Å². The number of phenols is 1. The van der Waals surface area contributed by atoms with E-state index >= 15 is 0 Å². The standard InChI is InChI=1S/C24H20Cl2N2O/c1-14-4-3-5-18(27-14)13-21(19-11-9-17(25)12-22(19)26)20-10-8-16-7-6-15(2)28-23(16)24(20)29/h3-12,21,29H,13H2,1-2H3. The Balaban J connectivity index is 1.90. The Hall–Kier alpha value is -2.62. The number of rotatable bonds is 4. The Kier molecular flexibility index (Phi) is 5.44. The van der Waals surface area contributed by atoms with E-state index in [0.717, 1.165) is 33.6 Å². The third-order valence-corrected chi connectivity index (χ3v) is 5.64. The number of nitrogens with zero attached hydrogens (tertiary/aromatic N) is 2. The molecule has 5 heteroatoms. The van der Waals surface area contributed by atoms with Crippen molar-refractivity contribution in [2.75, 3.05) is 0 Å². The van der Waals surface area contributed by atoms with Crippen molar-refractivity contribution in [1.29, 1.82) is 0 Å².